The van der Waals surface area contributed by atoms with Crippen molar-refractivity contribution >= 4 is 44.9 Å². The first-order valence-corrected chi connectivity index (χ1v) is 9.49. The minimum atomic E-state index is -3.10. The highest BCUT2D eigenvalue weighted by atomic mass is 79.9. The zero-order chi connectivity index (χ0) is 21.6. The molecule has 7 nitrogen and oxygen atoms in total. The van der Waals surface area contributed by atoms with Crippen LogP contribution in [0.5, 0.6) is 5.75 Å². The summed E-state index contributed by atoms with van der Waals surface area (Å²) in [7, 11) is 0. The van der Waals surface area contributed by atoms with Gasteiger partial charge in [0.15, 0.2) is 0 Å². The van der Waals surface area contributed by atoms with Crippen molar-refractivity contribution < 1.29 is 28.0 Å². The summed E-state index contributed by atoms with van der Waals surface area (Å²) in [5.74, 6) is -0.825. The number of alkyl halides is 2. The van der Waals surface area contributed by atoms with Gasteiger partial charge in [-0.2, -0.15) is 8.78 Å². The van der Waals surface area contributed by atoms with Crippen LogP contribution < -0.4 is 10.1 Å². The van der Waals surface area contributed by atoms with Crippen molar-refractivity contribution in [3.63, 3.8) is 0 Å². The Morgan fingerprint density at radius 3 is 2.69 bits per heavy atom. The standard InChI is InChI=1S/C18H16BrClF2N2O5/c1-2-28-16(25)9-13(17-11(19)4-3-5-15(17)29-18(21)22)23-12-8-10(20)6-7-14(12)24(26)27/h3-8,13,18,23H,2,9H2,1H3. The molecule has 29 heavy (non-hydrogen) atoms. The predicted octanol–water partition coefficient (Wildman–Crippen LogP) is 5.72. The van der Waals surface area contributed by atoms with Gasteiger partial charge in [-0.15, -0.1) is 0 Å². The molecule has 0 fully saturated rings. The van der Waals surface area contributed by atoms with Gasteiger partial charge in [0.2, 0.25) is 0 Å². The van der Waals surface area contributed by atoms with Gasteiger partial charge in [0.25, 0.3) is 5.69 Å². The molecule has 156 valence electrons. The van der Waals surface area contributed by atoms with Crippen LogP contribution in [0.3, 0.4) is 0 Å². The first-order valence-electron chi connectivity index (χ1n) is 8.32. The molecule has 0 bridgehead atoms. The number of benzene rings is 2. The van der Waals surface area contributed by atoms with Crippen molar-refractivity contribution in [2.45, 2.75) is 26.0 Å². The monoisotopic (exact) mass is 492 g/mol. The third-order valence-corrected chi connectivity index (χ3v) is 4.67. The van der Waals surface area contributed by atoms with Crippen LogP contribution in [0.25, 0.3) is 0 Å². The van der Waals surface area contributed by atoms with Gasteiger partial charge in [0.05, 0.1) is 24.0 Å². The van der Waals surface area contributed by atoms with Crippen molar-refractivity contribution in [3.8, 4) is 5.75 Å². The van der Waals surface area contributed by atoms with E-state index in [2.05, 4.69) is 26.0 Å². The van der Waals surface area contributed by atoms with Crippen molar-refractivity contribution in [3.05, 3.63) is 61.6 Å². The van der Waals surface area contributed by atoms with Crippen molar-refractivity contribution in [1.29, 1.82) is 0 Å². The van der Waals surface area contributed by atoms with Gasteiger partial charge in [-0.25, -0.2) is 0 Å². The minimum Gasteiger partial charge on any atom is -0.466 e. The second-order valence-electron chi connectivity index (χ2n) is 5.65. The molecule has 0 aliphatic heterocycles. The number of carbonyl (C=O) groups is 1. The summed E-state index contributed by atoms with van der Waals surface area (Å²) in [4.78, 5) is 22.8. The summed E-state index contributed by atoms with van der Waals surface area (Å²) in [6, 6.07) is 7.21. The lowest BCUT2D eigenvalue weighted by Gasteiger charge is -2.23. The molecule has 2 aromatic carbocycles. The van der Waals surface area contributed by atoms with Crippen molar-refractivity contribution in [1.82, 2.24) is 0 Å². The summed E-state index contributed by atoms with van der Waals surface area (Å²) in [5.41, 5.74) is -0.114. The van der Waals surface area contributed by atoms with Crippen LogP contribution in [0.4, 0.5) is 20.2 Å². The van der Waals surface area contributed by atoms with E-state index in [-0.39, 0.29) is 40.7 Å². The Labute approximate surface area is 178 Å². The van der Waals surface area contributed by atoms with Crippen molar-refractivity contribution in [2.75, 3.05) is 11.9 Å². The molecule has 1 N–H and O–H groups in total. The lowest BCUT2D eigenvalue weighted by atomic mass is 10.0. The molecule has 0 radical (unpaired) electrons. The molecule has 0 amide bonds. The number of ether oxygens (including phenoxy) is 2. The molecule has 0 aliphatic rings. The number of nitro groups is 1. The van der Waals surface area contributed by atoms with Crippen LogP contribution >= 0.6 is 27.5 Å². The Bertz CT molecular complexity index is 901. The van der Waals surface area contributed by atoms with Gasteiger partial charge >= 0.3 is 12.6 Å². The zero-order valence-electron chi connectivity index (χ0n) is 15.0. The van der Waals surface area contributed by atoms with Crippen LogP contribution in [0.1, 0.15) is 24.9 Å². The maximum absolute atomic E-state index is 12.9. The molecule has 11 heteroatoms. The second-order valence-corrected chi connectivity index (χ2v) is 6.95. The highest BCUT2D eigenvalue weighted by Gasteiger charge is 2.27. The topological polar surface area (TPSA) is 90.7 Å². The lowest BCUT2D eigenvalue weighted by molar-refractivity contribution is -0.384. The van der Waals surface area contributed by atoms with Gasteiger partial charge in [0.1, 0.15) is 11.4 Å². The largest absolute Gasteiger partial charge is 0.466 e. The Morgan fingerprint density at radius 2 is 2.07 bits per heavy atom. The van der Waals surface area contributed by atoms with Gasteiger partial charge in [-0.05, 0) is 31.2 Å². The number of anilines is 1. The van der Waals surface area contributed by atoms with Crippen LogP contribution in [-0.2, 0) is 9.53 Å². The number of hydrogen-bond donors (Lipinski definition) is 1. The third kappa shape index (κ3) is 6.26. The number of nitro benzene ring substituents is 1. The van der Waals surface area contributed by atoms with Gasteiger partial charge in [0, 0.05) is 21.1 Å². The van der Waals surface area contributed by atoms with E-state index in [9.17, 15) is 23.7 Å². The molecule has 2 rings (SSSR count). The second kappa shape index (κ2) is 10.4. The van der Waals surface area contributed by atoms with Crippen LogP contribution in [0, 0.1) is 10.1 Å². The van der Waals surface area contributed by atoms with E-state index in [1.807, 2.05) is 0 Å². The van der Waals surface area contributed by atoms with E-state index in [1.165, 1.54) is 30.3 Å². The Morgan fingerprint density at radius 1 is 1.34 bits per heavy atom. The van der Waals surface area contributed by atoms with Crippen molar-refractivity contribution in [2.24, 2.45) is 0 Å². The van der Waals surface area contributed by atoms with Gasteiger partial charge < -0.3 is 14.8 Å². The van der Waals surface area contributed by atoms with E-state index in [0.717, 1.165) is 0 Å². The Hall–Kier alpha value is -2.46. The molecule has 0 aromatic heterocycles. The lowest BCUT2D eigenvalue weighted by Crippen LogP contribution is -2.20. The van der Waals surface area contributed by atoms with Crippen LogP contribution in [0.2, 0.25) is 5.02 Å². The van der Waals surface area contributed by atoms with E-state index < -0.39 is 23.5 Å². The Balaban J connectivity index is 2.54. The molecule has 0 spiro atoms. The summed E-state index contributed by atoms with van der Waals surface area (Å²) >= 11 is 9.22. The van der Waals surface area contributed by atoms with E-state index >= 15 is 0 Å². The summed E-state index contributed by atoms with van der Waals surface area (Å²) in [6.07, 6.45) is -0.306. The van der Waals surface area contributed by atoms with Gasteiger partial charge in [-0.3, -0.25) is 14.9 Å². The fraction of sp³-hybridized carbons (Fsp3) is 0.278. The number of esters is 1. The minimum absolute atomic E-state index is 0.00977. The number of halogens is 4. The Kier molecular flexibility index (Phi) is 8.15. The first-order chi connectivity index (χ1) is 13.7. The molecular formula is C18H16BrClF2N2O5. The number of rotatable bonds is 9. The fourth-order valence-electron chi connectivity index (χ4n) is 2.64. The predicted molar refractivity (Wildman–Crippen MR) is 106 cm³/mol. The molecule has 1 atom stereocenters. The highest BCUT2D eigenvalue weighted by Crippen LogP contribution is 2.39. The zero-order valence-corrected chi connectivity index (χ0v) is 17.4. The number of nitrogens with zero attached hydrogens (tertiary/aromatic N) is 1. The molecule has 1 unspecified atom stereocenters. The van der Waals surface area contributed by atoms with E-state index in [1.54, 1.807) is 13.0 Å². The average Bonchev–Trinajstić information content (AvgIpc) is 2.61. The normalized spacial score (nSPS) is 11.8. The number of hydrogen-bond acceptors (Lipinski definition) is 6. The fourth-order valence-corrected chi connectivity index (χ4v) is 3.43. The highest BCUT2D eigenvalue weighted by molar-refractivity contribution is 9.10. The summed E-state index contributed by atoms with van der Waals surface area (Å²) in [5, 5.41) is 14.4. The van der Waals surface area contributed by atoms with E-state index in [4.69, 9.17) is 16.3 Å². The number of carbonyl (C=O) groups excluding carboxylic acids is 1. The molecule has 0 saturated carbocycles. The molecule has 0 saturated heterocycles. The van der Waals surface area contributed by atoms with E-state index in [0.29, 0.717) is 4.47 Å². The average molecular weight is 494 g/mol. The third-order valence-electron chi connectivity index (χ3n) is 3.74. The maximum atomic E-state index is 12.9. The first kappa shape index (κ1) is 22.8. The molecule has 0 heterocycles. The number of nitrogens with one attached hydrogen (secondary N) is 1. The SMILES string of the molecule is CCOC(=O)CC(Nc1cc(Cl)ccc1[N+](=O)[O-])c1c(Br)cccc1OC(F)F. The quantitative estimate of drug-likeness (QED) is 0.273. The molecular weight excluding hydrogens is 478 g/mol. The van der Waals surface area contributed by atoms with Crippen LogP contribution in [0.15, 0.2) is 40.9 Å². The maximum Gasteiger partial charge on any atom is 0.387 e. The molecule has 2 aromatic rings. The summed E-state index contributed by atoms with van der Waals surface area (Å²) in [6.45, 7) is -1.38. The smallest absolute Gasteiger partial charge is 0.387 e. The summed E-state index contributed by atoms with van der Waals surface area (Å²) < 4.78 is 35.6. The van der Waals surface area contributed by atoms with Crippen LogP contribution in [-0.4, -0.2) is 24.1 Å². The molecule has 0 aliphatic carbocycles. The van der Waals surface area contributed by atoms with Gasteiger partial charge in [-0.1, -0.05) is 33.6 Å².